The first-order valence-corrected chi connectivity index (χ1v) is 16.9. The number of nitro benzene ring substituents is 1. The highest BCUT2D eigenvalue weighted by Crippen LogP contribution is 2.64. The molecule has 0 bridgehead atoms. The average Bonchev–Trinajstić information content (AvgIpc) is 3.51. The number of anilines is 2. The van der Waals surface area contributed by atoms with Gasteiger partial charge in [0.25, 0.3) is 17.5 Å². The maximum Gasteiger partial charge on any atom is 0.269 e. The van der Waals surface area contributed by atoms with E-state index in [2.05, 4.69) is 0 Å². The number of phenolic OH excluding ortho intramolecular Hbond substituents is 1. The number of nitrogens with zero attached hydrogens (tertiary/aromatic N) is 3. The van der Waals surface area contributed by atoms with E-state index < -0.39 is 103 Å². The number of benzene rings is 3. The summed E-state index contributed by atoms with van der Waals surface area (Å²) in [6.45, 7) is 0. The molecule has 0 spiro atoms. The number of ether oxygens (including phenoxy) is 2. The molecule has 7 rings (SSSR count). The van der Waals surface area contributed by atoms with Crippen molar-refractivity contribution in [1.82, 2.24) is 0 Å². The second-order valence-electron chi connectivity index (χ2n) is 13.2. The van der Waals surface area contributed by atoms with Gasteiger partial charge in [0.1, 0.15) is 5.69 Å². The van der Waals surface area contributed by atoms with Crippen molar-refractivity contribution >= 4 is 70.0 Å². The average molecular weight is 808 g/mol. The molecular formula is C36H24Cl2F5N3O9. The van der Waals surface area contributed by atoms with Crippen LogP contribution >= 0.6 is 23.2 Å². The van der Waals surface area contributed by atoms with E-state index in [0.717, 1.165) is 17.0 Å². The summed E-state index contributed by atoms with van der Waals surface area (Å²) in [6, 6.07) is 7.25. The van der Waals surface area contributed by atoms with Crippen molar-refractivity contribution in [3.05, 3.63) is 98.9 Å². The van der Waals surface area contributed by atoms with Gasteiger partial charge in [-0.25, -0.2) is 26.9 Å². The molecule has 6 unspecified atom stereocenters. The van der Waals surface area contributed by atoms with Crippen molar-refractivity contribution in [3.63, 3.8) is 0 Å². The standard InChI is InChI=1S/C36H24Cl2F5N3O9/c1-54-21-11-14(12-22(55-2)30(21)47)3-10-20-17-8-9-18-23(32(49)44(31(18)48)15-4-6-16(7-5-15)46(52)53)19(17)13-35(37)33(50)45(34(51)36(20,35)38)29-27(42)25(40)24(39)26(41)28(29)43/h3-8,10-12,18-20,23,47H,9,13H2,1-2H3. The van der Waals surface area contributed by atoms with Gasteiger partial charge in [-0.15, -0.1) is 23.2 Å². The number of halogens is 7. The van der Waals surface area contributed by atoms with Crippen molar-refractivity contribution in [2.45, 2.75) is 22.6 Å². The Labute approximate surface area is 316 Å². The Morgan fingerprint density at radius 1 is 0.855 bits per heavy atom. The van der Waals surface area contributed by atoms with E-state index in [9.17, 15) is 47.6 Å². The van der Waals surface area contributed by atoms with Gasteiger partial charge >= 0.3 is 0 Å². The summed E-state index contributed by atoms with van der Waals surface area (Å²) in [7, 11) is 2.51. The lowest BCUT2D eigenvalue weighted by molar-refractivity contribution is -0.384. The van der Waals surface area contributed by atoms with Gasteiger partial charge in [-0.2, -0.15) is 0 Å². The number of rotatable bonds is 7. The van der Waals surface area contributed by atoms with Crippen LogP contribution in [0.5, 0.6) is 17.2 Å². The Hall–Kier alpha value is -5.55. The summed E-state index contributed by atoms with van der Waals surface area (Å²) < 4.78 is 83.9. The van der Waals surface area contributed by atoms with Crippen LogP contribution in [0.2, 0.25) is 0 Å². The Balaban J connectivity index is 1.39. The predicted molar refractivity (Wildman–Crippen MR) is 183 cm³/mol. The van der Waals surface area contributed by atoms with Crippen LogP contribution in [0.15, 0.2) is 54.1 Å². The summed E-state index contributed by atoms with van der Waals surface area (Å²) in [5.41, 5.74) is -1.80. The van der Waals surface area contributed by atoms with E-state index in [-0.39, 0.29) is 51.1 Å². The summed E-state index contributed by atoms with van der Waals surface area (Å²) in [5, 5.41) is 21.6. The second kappa shape index (κ2) is 13.0. The molecule has 286 valence electrons. The van der Waals surface area contributed by atoms with E-state index >= 15 is 8.78 Å². The Kier molecular flexibility index (Phi) is 8.95. The van der Waals surface area contributed by atoms with Gasteiger partial charge in [0.2, 0.25) is 23.4 Å². The van der Waals surface area contributed by atoms with E-state index in [1.807, 2.05) is 0 Å². The first-order chi connectivity index (χ1) is 25.9. The third-order valence-electron chi connectivity index (χ3n) is 10.6. The maximum absolute atomic E-state index is 15.3. The molecule has 6 atom stereocenters. The molecule has 55 heavy (non-hydrogen) atoms. The number of amides is 4. The molecule has 12 nitrogen and oxygen atoms in total. The number of nitro groups is 1. The van der Waals surface area contributed by atoms with E-state index in [0.29, 0.717) is 0 Å². The molecule has 4 amide bonds. The molecule has 2 heterocycles. The zero-order chi connectivity index (χ0) is 40.0. The molecule has 3 aromatic carbocycles. The number of hydrogen-bond donors (Lipinski definition) is 1. The minimum Gasteiger partial charge on any atom is -0.502 e. The Bertz CT molecular complexity index is 2270. The van der Waals surface area contributed by atoms with E-state index in [4.69, 9.17) is 32.7 Å². The molecule has 3 aromatic rings. The third-order valence-corrected chi connectivity index (χ3v) is 12.0. The lowest BCUT2D eigenvalue weighted by atomic mass is 9.57. The molecule has 1 N–H and O–H groups in total. The van der Waals surface area contributed by atoms with Gasteiger partial charge in [0.05, 0.1) is 36.7 Å². The second-order valence-corrected chi connectivity index (χ2v) is 14.4. The maximum atomic E-state index is 15.3. The van der Waals surface area contributed by atoms with Crippen LogP contribution < -0.4 is 19.3 Å². The van der Waals surface area contributed by atoms with Crippen molar-refractivity contribution in [2.24, 2.45) is 23.7 Å². The van der Waals surface area contributed by atoms with Gasteiger partial charge < -0.3 is 14.6 Å². The predicted octanol–water partition coefficient (Wildman–Crippen LogP) is 6.33. The fourth-order valence-corrected chi connectivity index (χ4v) is 8.90. The molecule has 0 radical (unpaired) electrons. The minimum absolute atomic E-state index is 0.00378. The summed E-state index contributed by atoms with van der Waals surface area (Å²) in [6.07, 6.45) is 3.27. The zero-order valence-electron chi connectivity index (χ0n) is 28.1. The van der Waals surface area contributed by atoms with Gasteiger partial charge in [0.15, 0.2) is 44.5 Å². The van der Waals surface area contributed by atoms with Crippen LogP contribution in [-0.2, 0) is 19.2 Å². The lowest BCUT2D eigenvalue weighted by Gasteiger charge is -2.49. The van der Waals surface area contributed by atoms with Gasteiger partial charge in [-0.1, -0.05) is 23.8 Å². The quantitative estimate of drug-likeness (QED) is 0.0422. The molecule has 2 saturated heterocycles. The highest BCUT2D eigenvalue weighted by atomic mass is 35.5. The SMILES string of the molecule is COc1cc(C=CC2C3=CCC4C(=O)N(c5ccc([N+](=O)[O-])cc5)C(=O)C4C3CC3(Cl)C(=O)N(c4c(F)c(F)c(F)c(F)c4F)C(=O)C23Cl)cc(OC)c1O. The molecular weight excluding hydrogens is 784 g/mol. The van der Waals surface area contributed by atoms with E-state index in [1.165, 1.54) is 56.7 Å². The number of aromatic hydroxyl groups is 1. The smallest absolute Gasteiger partial charge is 0.269 e. The molecule has 3 fully saturated rings. The minimum atomic E-state index is -2.74. The highest BCUT2D eigenvalue weighted by molar-refractivity contribution is 6.58. The molecule has 1 saturated carbocycles. The number of non-ortho nitro benzene ring substituents is 1. The first-order valence-electron chi connectivity index (χ1n) is 16.2. The van der Waals surface area contributed by atoms with E-state index in [1.54, 1.807) is 0 Å². The first kappa shape index (κ1) is 37.8. The third kappa shape index (κ3) is 5.15. The van der Waals surface area contributed by atoms with Crippen molar-refractivity contribution < 1.29 is 60.6 Å². The largest absolute Gasteiger partial charge is 0.502 e. The number of imide groups is 2. The van der Waals surface area contributed by atoms with Gasteiger partial charge in [-0.05, 0) is 48.6 Å². The number of methoxy groups -OCH3 is 2. The fraction of sp³-hybridized carbons (Fsp3) is 0.278. The van der Waals surface area contributed by atoms with Crippen LogP contribution in [0.3, 0.4) is 0 Å². The number of carbonyl (C=O) groups excluding carboxylic acids is 4. The molecule has 4 aliphatic rings. The number of fused-ring (bicyclic) bond motifs is 4. The summed E-state index contributed by atoms with van der Waals surface area (Å²) >= 11 is 14.2. The fourth-order valence-electron chi connectivity index (χ4n) is 8.01. The van der Waals surface area contributed by atoms with Gasteiger partial charge in [-0.3, -0.25) is 34.2 Å². The highest BCUT2D eigenvalue weighted by Gasteiger charge is 2.76. The van der Waals surface area contributed by atoms with Gasteiger partial charge in [0, 0.05) is 18.1 Å². The number of hydrogen-bond acceptors (Lipinski definition) is 9. The topological polar surface area (TPSA) is 157 Å². The Morgan fingerprint density at radius 3 is 1.96 bits per heavy atom. The summed E-state index contributed by atoms with van der Waals surface area (Å²) in [5.74, 6) is -22.9. The number of allylic oxidation sites excluding steroid dienone is 3. The number of carbonyl (C=O) groups is 4. The van der Waals surface area contributed by atoms with Crippen LogP contribution in [-0.4, -0.2) is 57.6 Å². The lowest BCUT2D eigenvalue weighted by Crippen LogP contribution is -2.60. The normalized spacial score (nSPS) is 27.3. The Morgan fingerprint density at radius 2 is 1.42 bits per heavy atom. The zero-order valence-corrected chi connectivity index (χ0v) is 29.6. The molecule has 2 aliphatic heterocycles. The van der Waals surface area contributed by atoms with Crippen LogP contribution in [0.25, 0.3) is 6.08 Å². The molecule has 19 heteroatoms. The monoisotopic (exact) mass is 807 g/mol. The summed E-state index contributed by atoms with van der Waals surface area (Å²) in [4.78, 5) is 62.3. The van der Waals surface area contributed by atoms with Crippen molar-refractivity contribution in [3.8, 4) is 17.2 Å². The van der Waals surface area contributed by atoms with Crippen LogP contribution in [0.4, 0.5) is 39.0 Å². The number of phenols is 1. The van der Waals surface area contributed by atoms with Crippen molar-refractivity contribution in [1.29, 1.82) is 0 Å². The van der Waals surface area contributed by atoms with Crippen LogP contribution in [0, 0.1) is 62.9 Å². The number of alkyl halides is 2. The molecule has 0 aromatic heterocycles. The van der Waals surface area contributed by atoms with Crippen molar-refractivity contribution in [2.75, 3.05) is 24.0 Å². The molecule has 2 aliphatic carbocycles. The van der Waals surface area contributed by atoms with Crippen LogP contribution in [0.1, 0.15) is 18.4 Å².